The topological polar surface area (TPSA) is 53.9 Å². The van der Waals surface area contributed by atoms with Gasteiger partial charge >= 0.3 is 0 Å². The number of anilines is 3. The van der Waals surface area contributed by atoms with Crippen LogP contribution in [0.4, 0.5) is 17.5 Å². The fraction of sp³-hybridized carbons (Fsp3) is 0.471. The Bertz CT molecular complexity index is 628. The number of para-hydroxylation sites is 1. The first-order valence-electron chi connectivity index (χ1n) is 8.10. The highest BCUT2D eigenvalue weighted by molar-refractivity contribution is 5.68. The second kappa shape index (κ2) is 6.73. The lowest BCUT2D eigenvalue weighted by Crippen LogP contribution is -2.25. The van der Waals surface area contributed by atoms with Crippen LogP contribution in [0.25, 0.3) is 0 Å². The molecule has 1 aliphatic heterocycles. The van der Waals surface area contributed by atoms with E-state index in [9.17, 15) is 0 Å². The smallest absolute Gasteiger partial charge is 0.244 e. The second-order valence-corrected chi connectivity index (χ2v) is 5.82. The van der Waals surface area contributed by atoms with Crippen LogP contribution in [0.3, 0.4) is 0 Å². The van der Waals surface area contributed by atoms with Gasteiger partial charge in [-0.15, -0.1) is 5.10 Å². The number of unbranched alkanes of at least 4 members (excludes halogenated alkanes) is 2. The SMILES string of the molecule is CCCCCNc1nncc(N2c3ccccc3CC2C)n1. The first-order valence-corrected chi connectivity index (χ1v) is 8.10. The molecule has 116 valence electrons. The second-order valence-electron chi connectivity index (χ2n) is 5.82. The number of nitrogens with zero attached hydrogens (tertiary/aromatic N) is 4. The zero-order chi connectivity index (χ0) is 15.4. The van der Waals surface area contributed by atoms with Gasteiger partial charge in [0.25, 0.3) is 0 Å². The lowest BCUT2D eigenvalue weighted by atomic mass is 10.1. The summed E-state index contributed by atoms with van der Waals surface area (Å²) in [6.07, 6.45) is 6.35. The first kappa shape index (κ1) is 14.8. The number of hydrogen-bond donors (Lipinski definition) is 1. The Balaban J connectivity index is 1.77. The van der Waals surface area contributed by atoms with Gasteiger partial charge in [0.1, 0.15) is 0 Å². The monoisotopic (exact) mass is 297 g/mol. The van der Waals surface area contributed by atoms with E-state index < -0.39 is 0 Å². The number of aromatic nitrogens is 3. The molecule has 1 unspecified atom stereocenters. The summed E-state index contributed by atoms with van der Waals surface area (Å²) < 4.78 is 0. The summed E-state index contributed by atoms with van der Waals surface area (Å²) in [5.41, 5.74) is 2.60. The normalized spacial score (nSPS) is 16.6. The van der Waals surface area contributed by atoms with Gasteiger partial charge in [-0.05, 0) is 31.4 Å². The molecule has 1 N–H and O–H groups in total. The Hall–Kier alpha value is -2.17. The van der Waals surface area contributed by atoms with Crippen molar-refractivity contribution in [3.8, 4) is 0 Å². The molecule has 0 saturated heterocycles. The highest BCUT2D eigenvalue weighted by atomic mass is 15.3. The first-order chi connectivity index (χ1) is 10.8. The zero-order valence-corrected chi connectivity index (χ0v) is 13.3. The number of nitrogens with one attached hydrogen (secondary N) is 1. The van der Waals surface area contributed by atoms with Gasteiger partial charge in [-0.3, -0.25) is 0 Å². The number of benzene rings is 1. The average Bonchev–Trinajstić information content (AvgIpc) is 2.87. The summed E-state index contributed by atoms with van der Waals surface area (Å²) in [5, 5.41) is 11.5. The maximum Gasteiger partial charge on any atom is 0.244 e. The third-order valence-electron chi connectivity index (χ3n) is 4.06. The van der Waals surface area contributed by atoms with Crippen LogP contribution in [0.15, 0.2) is 30.5 Å². The van der Waals surface area contributed by atoms with Gasteiger partial charge in [-0.1, -0.05) is 38.0 Å². The fourth-order valence-electron chi connectivity index (χ4n) is 2.98. The van der Waals surface area contributed by atoms with Gasteiger partial charge in [0.2, 0.25) is 5.95 Å². The van der Waals surface area contributed by atoms with E-state index in [1.54, 1.807) is 6.20 Å². The minimum Gasteiger partial charge on any atom is -0.353 e. The van der Waals surface area contributed by atoms with Crippen LogP contribution in [0.2, 0.25) is 0 Å². The summed E-state index contributed by atoms with van der Waals surface area (Å²) in [4.78, 5) is 6.89. The molecule has 0 radical (unpaired) electrons. The van der Waals surface area contributed by atoms with Gasteiger partial charge in [0.15, 0.2) is 5.82 Å². The highest BCUT2D eigenvalue weighted by Crippen LogP contribution is 2.36. The predicted octanol–water partition coefficient (Wildman–Crippen LogP) is 3.56. The third kappa shape index (κ3) is 3.03. The minimum absolute atomic E-state index is 0.391. The molecule has 1 aliphatic rings. The van der Waals surface area contributed by atoms with Crippen LogP contribution in [0.5, 0.6) is 0 Å². The molecule has 2 aromatic rings. The molecule has 0 fully saturated rings. The van der Waals surface area contributed by atoms with Gasteiger partial charge < -0.3 is 10.2 Å². The number of rotatable bonds is 6. The van der Waals surface area contributed by atoms with Gasteiger partial charge in [0.05, 0.1) is 6.20 Å². The highest BCUT2D eigenvalue weighted by Gasteiger charge is 2.28. The summed E-state index contributed by atoms with van der Waals surface area (Å²) >= 11 is 0. The van der Waals surface area contributed by atoms with Crippen molar-refractivity contribution in [2.75, 3.05) is 16.8 Å². The van der Waals surface area contributed by atoms with Gasteiger partial charge in [-0.2, -0.15) is 10.1 Å². The van der Waals surface area contributed by atoms with Crippen molar-refractivity contribution in [1.82, 2.24) is 15.2 Å². The molecule has 0 aliphatic carbocycles. The molecule has 1 aromatic carbocycles. The van der Waals surface area contributed by atoms with Crippen molar-refractivity contribution in [3.63, 3.8) is 0 Å². The van der Waals surface area contributed by atoms with Crippen LogP contribution in [0, 0.1) is 0 Å². The van der Waals surface area contributed by atoms with E-state index >= 15 is 0 Å². The largest absolute Gasteiger partial charge is 0.353 e. The summed E-state index contributed by atoms with van der Waals surface area (Å²) in [5.74, 6) is 1.48. The van der Waals surface area contributed by atoms with E-state index in [0.29, 0.717) is 12.0 Å². The summed E-state index contributed by atoms with van der Waals surface area (Å²) in [6, 6.07) is 8.89. The number of hydrogen-bond acceptors (Lipinski definition) is 5. The molecular formula is C17H23N5. The lowest BCUT2D eigenvalue weighted by molar-refractivity contribution is 0.731. The lowest BCUT2D eigenvalue weighted by Gasteiger charge is -2.23. The van der Waals surface area contributed by atoms with E-state index in [-0.39, 0.29) is 0 Å². The van der Waals surface area contributed by atoms with Crippen molar-refractivity contribution in [2.45, 2.75) is 45.6 Å². The van der Waals surface area contributed by atoms with Crippen LogP contribution in [0.1, 0.15) is 38.7 Å². The van der Waals surface area contributed by atoms with E-state index in [0.717, 1.165) is 25.2 Å². The molecule has 5 heteroatoms. The van der Waals surface area contributed by atoms with E-state index in [4.69, 9.17) is 0 Å². The molecule has 3 rings (SSSR count). The predicted molar refractivity (Wildman–Crippen MR) is 89.6 cm³/mol. The van der Waals surface area contributed by atoms with E-state index in [2.05, 4.69) is 63.5 Å². The van der Waals surface area contributed by atoms with Crippen molar-refractivity contribution in [2.24, 2.45) is 0 Å². The van der Waals surface area contributed by atoms with Crippen LogP contribution < -0.4 is 10.2 Å². The Morgan fingerprint density at radius 2 is 2.14 bits per heavy atom. The zero-order valence-electron chi connectivity index (χ0n) is 13.3. The molecular weight excluding hydrogens is 274 g/mol. The summed E-state index contributed by atoms with van der Waals surface area (Å²) in [7, 11) is 0. The fourth-order valence-corrected chi connectivity index (χ4v) is 2.98. The Morgan fingerprint density at radius 3 is 3.00 bits per heavy atom. The Kier molecular flexibility index (Phi) is 4.51. The standard InChI is InChI=1S/C17H23N5/c1-3-4-7-10-18-17-20-16(12-19-21-17)22-13(2)11-14-8-5-6-9-15(14)22/h5-6,8-9,12-13H,3-4,7,10-11H2,1-2H3,(H,18,20,21). The van der Waals surface area contributed by atoms with Crippen molar-refractivity contribution >= 4 is 17.5 Å². The number of fused-ring (bicyclic) bond motifs is 1. The van der Waals surface area contributed by atoms with E-state index in [1.807, 2.05) is 0 Å². The Morgan fingerprint density at radius 1 is 1.27 bits per heavy atom. The van der Waals surface area contributed by atoms with Crippen molar-refractivity contribution < 1.29 is 0 Å². The maximum absolute atomic E-state index is 4.64. The quantitative estimate of drug-likeness (QED) is 0.826. The molecule has 22 heavy (non-hydrogen) atoms. The van der Waals surface area contributed by atoms with Gasteiger partial charge in [-0.25, -0.2) is 0 Å². The molecule has 2 heterocycles. The molecule has 0 saturated carbocycles. The van der Waals surface area contributed by atoms with Gasteiger partial charge in [0, 0.05) is 18.3 Å². The Labute approximate surface area is 131 Å². The molecule has 0 amide bonds. The molecule has 1 atom stereocenters. The van der Waals surface area contributed by atoms with Crippen molar-refractivity contribution in [3.05, 3.63) is 36.0 Å². The van der Waals surface area contributed by atoms with Crippen LogP contribution in [-0.4, -0.2) is 27.8 Å². The average molecular weight is 297 g/mol. The molecule has 0 spiro atoms. The van der Waals surface area contributed by atoms with Crippen molar-refractivity contribution in [1.29, 1.82) is 0 Å². The molecule has 0 bridgehead atoms. The summed E-state index contributed by atoms with van der Waals surface area (Å²) in [6.45, 7) is 5.31. The minimum atomic E-state index is 0.391. The third-order valence-corrected chi connectivity index (χ3v) is 4.06. The molecule has 5 nitrogen and oxygen atoms in total. The molecule has 1 aromatic heterocycles. The van der Waals surface area contributed by atoms with Crippen LogP contribution in [-0.2, 0) is 6.42 Å². The maximum atomic E-state index is 4.64. The van der Waals surface area contributed by atoms with Crippen LogP contribution >= 0.6 is 0 Å². The van der Waals surface area contributed by atoms with E-state index in [1.165, 1.54) is 24.1 Å².